The van der Waals surface area contributed by atoms with Gasteiger partial charge in [0.05, 0.1) is 13.2 Å². The molecule has 1 heterocycles. The molecular weight excluding hydrogens is 490 g/mol. The molecule has 1 aliphatic rings. The highest BCUT2D eigenvalue weighted by atomic mass is 35.5. The molecule has 168 valence electrons. The van der Waals surface area contributed by atoms with Gasteiger partial charge in [-0.25, -0.2) is 0 Å². The number of nitrogens with one attached hydrogen (secondary N) is 1. The minimum Gasteiger partial charge on any atom is -0.489 e. The molecular formula is C21H27Cl5N2O2. The highest BCUT2D eigenvalue weighted by molar-refractivity contribution is 6.35. The third-order valence-electron chi connectivity index (χ3n) is 4.67. The van der Waals surface area contributed by atoms with Gasteiger partial charge in [0, 0.05) is 45.8 Å². The van der Waals surface area contributed by atoms with E-state index in [1.807, 2.05) is 30.3 Å². The summed E-state index contributed by atoms with van der Waals surface area (Å²) in [7, 11) is 0. The van der Waals surface area contributed by atoms with Gasteiger partial charge in [-0.1, -0.05) is 40.9 Å². The summed E-state index contributed by atoms with van der Waals surface area (Å²) in [6.07, 6.45) is 1.09. The SMILES string of the molecule is Cl.Cl.Clc1ccc(COc2ccc(Cl)cc2CNCCCN2CCOCC2)c(Cl)c1. The maximum absolute atomic E-state index is 6.23. The Labute approximate surface area is 206 Å². The van der Waals surface area contributed by atoms with Crippen LogP contribution in [0.3, 0.4) is 0 Å². The van der Waals surface area contributed by atoms with Gasteiger partial charge in [-0.2, -0.15) is 0 Å². The van der Waals surface area contributed by atoms with Gasteiger partial charge in [-0.05, 0) is 49.8 Å². The van der Waals surface area contributed by atoms with Crippen molar-refractivity contribution in [3.8, 4) is 5.75 Å². The monoisotopic (exact) mass is 514 g/mol. The van der Waals surface area contributed by atoms with Crippen molar-refractivity contribution >= 4 is 59.6 Å². The summed E-state index contributed by atoms with van der Waals surface area (Å²) in [6.45, 7) is 6.84. The van der Waals surface area contributed by atoms with Crippen LogP contribution < -0.4 is 10.1 Å². The molecule has 0 unspecified atom stereocenters. The lowest BCUT2D eigenvalue weighted by Crippen LogP contribution is -2.37. The topological polar surface area (TPSA) is 33.7 Å². The number of hydrogen-bond donors (Lipinski definition) is 1. The summed E-state index contributed by atoms with van der Waals surface area (Å²) in [5, 5.41) is 5.40. The molecule has 9 heteroatoms. The van der Waals surface area contributed by atoms with Crippen LogP contribution in [-0.2, 0) is 17.9 Å². The first-order chi connectivity index (χ1) is 13.6. The van der Waals surface area contributed by atoms with E-state index >= 15 is 0 Å². The second kappa shape index (κ2) is 14.6. The van der Waals surface area contributed by atoms with Crippen LogP contribution in [0.2, 0.25) is 15.1 Å². The van der Waals surface area contributed by atoms with Crippen molar-refractivity contribution in [2.75, 3.05) is 39.4 Å². The van der Waals surface area contributed by atoms with Gasteiger partial charge < -0.3 is 14.8 Å². The van der Waals surface area contributed by atoms with Crippen LogP contribution in [0.5, 0.6) is 5.75 Å². The molecule has 0 spiro atoms. The molecule has 1 saturated heterocycles. The van der Waals surface area contributed by atoms with E-state index in [1.54, 1.807) is 6.07 Å². The van der Waals surface area contributed by atoms with E-state index in [9.17, 15) is 0 Å². The quantitative estimate of drug-likeness (QED) is 0.422. The van der Waals surface area contributed by atoms with Crippen LogP contribution >= 0.6 is 59.6 Å². The highest BCUT2D eigenvalue weighted by Crippen LogP contribution is 2.26. The zero-order valence-electron chi connectivity index (χ0n) is 16.5. The fourth-order valence-corrected chi connectivity index (χ4v) is 3.75. The predicted molar refractivity (Wildman–Crippen MR) is 130 cm³/mol. The smallest absolute Gasteiger partial charge is 0.124 e. The maximum Gasteiger partial charge on any atom is 0.124 e. The van der Waals surface area contributed by atoms with E-state index in [-0.39, 0.29) is 24.8 Å². The Bertz CT molecular complexity index is 773. The first-order valence-electron chi connectivity index (χ1n) is 9.48. The minimum atomic E-state index is 0. The highest BCUT2D eigenvalue weighted by Gasteiger charge is 2.10. The second-order valence-electron chi connectivity index (χ2n) is 6.76. The number of hydrogen-bond acceptors (Lipinski definition) is 4. The van der Waals surface area contributed by atoms with Crippen LogP contribution in [0.4, 0.5) is 0 Å². The average molecular weight is 517 g/mol. The number of morpholine rings is 1. The minimum absolute atomic E-state index is 0. The number of benzene rings is 2. The Hall–Kier alpha value is -0.430. The van der Waals surface area contributed by atoms with E-state index in [0.29, 0.717) is 28.2 Å². The maximum atomic E-state index is 6.23. The molecule has 0 aromatic heterocycles. The largest absolute Gasteiger partial charge is 0.489 e. The molecule has 3 rings (SSSR count). The molecule has 2 aromatic carbocycles. The van der Waals surface area contributed by atoms with Gasteiger partial charge in [0.15, 0.2) is 0 Å². The molecule has 0 amide bonds. The van der Waals surface area contributed by atoms with Gasteiger partial charge in [0.25, 0.3) is 0 Å². The lowest BCUT2D eigenvalue weighted by atomic mass is 10.2. The Balaban J connectivity index is 0.00000225. The second-order valence-corrected chi connectivity index (χ2v) is 8.04. The third kappa shape index (κ3) is 8.97. The fourth-order valence-electron chi connectivity index (χ4n) is 3.10. The molecule has 0 aliphatic carbocycles. The summed E-state index contributed by atoms with van der Waals surface area (Å²) in [5.41, 5.74) is 1.93. The van der Waals surface area contributed by atoms with Gasteiger partial charge in [0.1, 0.15) is 12.4 Å². The number of ether oxygens (including phenoxy) is 2. The van der Waals surface area contributed by atoms with Gasteiger partial charge in [0.2, 0.25) is 0 Å². The van der Waals surface area contributed by atoms with Crippen LogP contribution in [0.1, 0.15) is 17.5 Å². The number of nitrogens with zero attached hydrogens (tertiary/aromatic N) is 1. The Morgan fingerprint density at radius 1 is 0.933 bits per heavy atom. The Kier molecular flexibility index (Phi) is 13.4. The predicted octanol–water partition coefficient (Wildman–Crippen LogP) is 5.88. The zero-order chi connectivity index (χ0) is 19.8. The molecule has 4 nitrogen and oxygen atoms in total. The molecule has 2 aromatic rings. The standard InChI is InChI=1S/C21H25Cl3N2O2.2ClH/c22-18-4-5-21(28-15-16-2-3-19(23)13-20(16)24)17(12-18)14-25-6-1-7-26-8-10-27-11-9-26;;/h2-5,12-13,25H,1,6-11,14-15H2;2*1H. The van der Waals surface area contributed by atoms with Crippen molar-refractivity contribution in [2.45, 2.75) is 19.6 Å². The molecule has 30 heavy (non-hydrogen) atoms. The van der Waals surface area contributed by atoms with E-state index < -0.39 is 0 Å². The first-order valence-corrected chi connectivity index (χ1v) is 10.6. The summed E-state index contributed by atoms with van der Waals surface area (Å²) in [4.78, 5) is 2.44. The zero-order valence-corrected chi connectivity index (χ0v) is 20.4. The van der Waals surface area contributed by atoms with Crippen LogP contribution in [0.15, 0.2) is 36.4 Å². The summed E-state index contributed by atoms with van der Waals surface area (Å²) in [6, 6.07) is 11.1. The summed E-state index contributed by atoms with van der Waals surface area (Å²) in [5.74, 6) is 0.802. The summed E-state index contributed by atoms with van der Waals surface area (Å²) >= 11 is 18.4. The lowest BCUT2D eigenvalue weighted by Gasteiger charge is -2.26. The normalized spacial score (nSPS) is 14.0. The molecule has 1 N–H and O–H groups in total. The molecule has 0 atom stereocenters. The molecule has 0 radical (unpaired) electrons. The van der Waals surface area contributed by atoms with Crippen LogP contribution in [-0.4, -0.2) is 44.3 Å². The third-order valence-corrected chi connectivity index (χ3v) is 5.49. The van der Waals surface area contributed by atoms with Crippen molar-refractivity contribution < 1.29 is 9.47 Å². The Morgan fingerprint density at radius 3 is 2.37 bits per heavy atom. The number of halogens is 5. The molecule has 0 bridgehead atoms. The van der Waals surface area contributed by atoms with Gasteiger partial charge >= 0.3 is 0 Å². The van der Waals surface area contributed by atoms with E-state index in [1.165, 1.54) is 0 Å². The van der Waals surface area contributed by atoms with Crippen molar-refractivity contribution in [1.29, 1.82) is 0 Å². The molecule has 1 fully saturated rings. The van der Waals surface area contributed by atoms with Crippen LogP contribution in [0, 0.1) is 0 Å². The van der Waals surface area contributed by atoms with Gasteiger partial charge in [-0.3, -0.25) is 4.90 Å². The fraction of sp³-hybridized carbons (Fsp3) is 0.429. The number of rotatable bonds is 9. The van der Waals surface area contributed by atoms with Gasteiger partial charge in [-0.15, -0.1) is 24.8 Å². The first kappa shape index (κ1) is 27.6. The van der Waals surface area contributed by atoms with Crippen molar-refractivity contribution in [2.24, 2.45) is 0 Å². The average Bonchev–Trinajstić information content (AvgIpc) is 2.69. The van der Waals surface area contributed by atoms with Crippen molar-refractivity contribution in [1.82, 2.24) is 10.2 Å². The van der Waals surface area contributed by atoms with E-state index in [0.717, 1.165) is 62.7 Å². The summed E-state index contributed by atoms with van der Waals surface area (Å²) < 4.78 is 11.4. The Morgan fingerprint density at radius 2 is 1.63 bits per heavy atom. The van der Waals surface area contributed by atoms with E-state index in [4.69, 9.17) is 44.3 Å². The van der Waals surface area contributed by atoms with Crippen LogP contribution in [0.25, 0.3) is 0 Å². The van der Waals surface area contributed by atoms with E-state index in [2.05, 4.69) is 10.2 Å². The lowest BCUT2D eigenvalue weighted by molar-refractivity contribution is 0.0374. The van der Waals surface area contributed by atoms with Crippen molar-refractivity contribution in [3.05, 3.63) is 62.6 Å². The molecule has 1 aliphatic heterocycles. The van der Waals surface area contributed by atoms with Crippen molar-refractivity contribution in [3.63, 3.8) is 0 Å². The molecule has 0 saturated carbocycles.